The van der Waals surface area contributed by atoms with Gasteiger partial charge in [-0.2, -0.15) is 13.2 Å². The van der Waals surface area contributed by atoms with Crippen LogP contribution in [0.2, 0.25) is 0 Å². The van der Waals surface area contributed by atoms with E-state index in [1.165, 1.54) is 12.1 Å². The molecule has 212 valence electrons. The van der Waals surface area contributed by atoms with Gasteiger partial charge in [0, 0.05) is 61.8 Å². The molecule has 4 rings (SSSR count). The van der Waals surface area contributed by atoms with Crippen molar-refractivity contribution in [3.05, 3.63) is 71.9 Å². The van der Waals surface area contributed by atoms with Crippen molar-refractivity contribution in [2.75, 3.05) is 48.7 Å². The number of rotatable bonds is 9. The third kappa shape index (κ3) is 8.03. The lowest BCUT2D eigenvalue weighted by atomic mass is 10.0. The maximum Gasteiger partial charge on any atom is 0.416 e. The van der Waals surface area contributed by atoms with E-state index in [1.54, 1.807) is 38.2 Å². The van der Waals surface area contributed by atoms with Crippen LogP contribution < -0.4 is 21.3 Å². The third-order valence-corrected chi connectivity index (χ3v) is 6.51. The number of anilines is 3. The van der Waals surface area contributed by atoms with Crippen molar-refractivity contribution in [2.45, 2.75) is 26.6 Å². The molecule has 1 aliphatic rings. The average molecular weight is 555 g/mol. The topological polar surface area (TPSA) is 98.4 Å². The first kappa shape index (κ1) is 29.0. The normalized spacial score (nSPS) is 14.2. The minimum absolute atomic E-state index is 0.0964. The van der Waals surface area contributed by atoms with Crippen molar-refractivity contribution in [3.63, 3.8) is 0 Å². The number of hydrogen-bond donors (Lipinski definition) is 4. The van der Waals surface area contributed by atoms with E-state index < -0.39 is 17.6 Å². The van der Waals surface area contributed by atoms with E-state index in [0.717, 1.165) is 30.3 Å². The Balaban J connectivity index is 1.32. The molecule has 1 aliphatic heterocycles. The molecule has 0 bridgehead atoms. The zero-order chi connectivity index (χ0) is 28.7. The number of alkyl halides is 3. The standard InChI is InChI=1S/C29H33F3N6O2/c1-19(2)28(40)37-26-10-6-21(16-35-26)20-3-7-23(8-4-20)34-17-27(39)36-24-9-5-22(25(15-24)29(30,31)32)18-38-13-11-33-12-14-38/h3-10,15-16,19,33-34H,11-14,17-18H2,1-2H3,(H,36,39)(H,35,37,40). The Morgan fingerprint density at radius 3 is 2.25 bits per heavy atom. The van der Waals surface area contributed by atoms with E-state index in [-0.39, 0.29) is 36.2 Å². The van der Waals surface area contributed by atoms with Crippen LogP contribution in [0.1, 0.15) is 25.0 Å². The highest BCUT2D eigenvalue weighted by Crippen LogP contribution is 2.34. The van der Waals surface area contributed by atoms with Crippen molar-refractivity contribution in [3.8, 4) is 11.1 Å². The number of carbonyl (C=O) groups excluding carboxylic acids is 2. The first-order valence-electron chi connectivity index (χ1n) is 13.1. The molecule has 0 aliphatic carbocycles. The van der Waals surface area contributed by atoms with Gasteiger partial charge in [0.1, 0.15) is 5.82 Å². The Bertz CT molecular complexity index is 1300. The molecule has 0 unspecified atom stereocenters. The summed E-state index contributed by atoms with van der Waals surface area (Å²) in [5, 5.41) is 11.5. The van der Waals surface area contributed by atoms with Gasteiger partial charge >= 0.3 is 6.18 Å². The SMILES string of the molecule is CC(C)C(=O)Nc1ccc(-c2ccc(NCC(=O)Nc3ccc(CN4CCNCC4)c(C(F)(F)F)c3)cc2)cn1. The van der Waals surface area contributed by atoms with E-state index in [2.05, 4.69) is 26.3 Å². The average Bonchev–Trinajstić information content (AvgIpc) is 2.93. The molecule has 0 atom stereocenters. The van der Waals surface area contributed by atoms with Gasteiger partial charge in [-0.3, -0.25) is 14.5 Å². The number of carbonyl (C=O) groups is 2. The summed E-state index contributed by atoms with van der Waals surface area (Å²) in [7, 11) is 0. The number of aromatic nitrogens is 1. The van der Waals surface area contributed by atoms with Crippen molar-refractivity contribution in [1.29, 1.82) is 0 Å². The third-order valence-electron chi connectivity index (χ3n) is 6.51. The van der Waals surface area contributed by atoms with Crippen LogP contribution >= 0.6 is 0 Å². The highest BCUT2D eigenvalue weighted by atomic mass is 19.4. The molecule has 1 fully saturated rings. The molecule has 2 amide bonds. The van der Waals surface area contributed by atoms with Crippen LogP contribution in [0, 0.1) is 5.92 Å². The number of halogens is 3. The van der Waals surface area contributed by atoms with Crippen LogP contribution in [0.25, 0.3) is 11.1 Å². The maximum atomic E-state index is 13.8. The van der Waals surface area contributed by atoms with Gasteiger partial charge in [-0.15, -0.1) is 0 Å². The zero-order valence-corrected chi connectivity index (χ0v) is 22.4. The monoisotopic (exact) mass is 554 g/mol. The quantitative estimate of drug-likeness (QED) is 0.303. The Kier molecular flexibility index (Phi) is 9.38. The van der Waals surface area contributed by atoms with Gasteiger partial charge in [0.25, 0.3) is 0 Å². The molecule has 8 nitrogen and oxygen atoms in total. The summed E-state index contributed by atoms with van der Waals surface area (Å²) in [6.45, 7) is 6.56. The molecule has 3 aromatic rings. The van der Waals surface area contributed by atoms with E-state index in [4.69, 9.17) is 0 Å². The molecule has 1 saturated heterocycles. The molecular weight excluding hydrogens is 521 g/mol. The number of amides is 2. The summed E-state index contributed by atoms with van der Waals surface area (Å²) in [5.41, 5.74) is 1.97. The zero-order valence-electron chi connectivity index (χ0n) is 22.4. The summed E-state index contributed by atoms with van der Waals surface area (Å²) < 4.78 is 41.3. The number of piperazine rings is 1. The highest BCUT2D eigenvalue weighted by molar-refractivity contribution is 5.94. The van der Waals surface area contributed by atoms with Crippen LogP contribution in [0.4, 0.5) is 30.4 Å². The Labute approximate surface area is 231 Å². The number of nitrogens with one attached hydrogen (secondary N) is 4. The number of benzene rings is 2. The van der Waals surface area contributed by atoms with E-state index in [9.17, 15) is 22.8 Å². The largest absolute Gasteiger partial charge is 0.416 e. The van der Waals surface area contributed by atoms with Crippen LogP contribution in [0.15, 0.2) is 60.8 Å². The first-order chi connectivity index (χ1) is 19.1. The summed E-state index contributed by atoms with van der Waals surface area (Å²) in [4.78, 5) is 30.6. The van der Waals surface area contributed by atoms with Gasteiger partial charge in [-0.05, 0) is 47.5 Å². The van der Waals surface area contributed by atoms with Crippen LogP contribution in [-0.2, 0) is 22.3 Å². The minimum atomic E-state index is -4.53. The lowest BCUT2D eigenvalue weighted by Gasteiger charge is -2.28. The second-order valence-electron chi connectivity index (χ2n) is 9.95. The second kappa shape index (κ2) is 12.9. The molecule has 1 aromatic heterocycles. The van der Waals surface area contributed by atoms with Crippen LogP contribution in [-0.4, -0.2) is 54.4 Å². The molecule has 0 spiro atoms. The predicted octanol–water partition coefficient (Wildman–Crippen LogP) is 4.82. The van der Waals surface area contributed by atoms with Crippen LogP contribution in [0.3, 0.4) is 0 Å². The molecule has 4 N–H and O–H groups in total. The van der Waals surface area contributed by atoms with Gasteiger partial charge in [0.2, 0.25) is 11.8 Å². The fourth-order valence-corrected chi connectivity index (χ4v) is 4.24. The number of hydrogen-bond acceptors (Lipinski definition) is 6. The number of pyridine rings is 1. The molecule has 11 heteroatoms. The fourth-order valence-electron chi connectivity index (χ4n) is 4.24. The number of nitrogens with zero attached hydrogens (tertiary/aromatic N) is 2. The predicted molar refractivity (Wildman–Crippen MR) is 150 cm³/mol. The van der Waals surface area contributed by atoms with Crippen molar-refractivity contribution < 1.29 is 22.8 Å². The molecule has 40 heavy (non-hydrogen) atoms. The van der Waals surface area contributed by atoms with E-state index in [0.29, 0.717) is 24.6 Å². The smallest absolute Gasteiger partial charge is 0.376 e. The lowest BCUT2D eigenvalue weighted by molar-refractivity contribution is -0.138. The van der Waals surface area contributed by atoms with Gasteiger partial charge in [0.15, 0.2) is 0 Å². The Morgan fingerprint density at radius 2 is 1.62 bits per heavy atom. The van der Waals surface area contributed by atoms with E-state index in [1.807, 2.05) is 23.1 Å². The fraction of sp³-hybridized carbons (Fsp3) is 0.345. The van der Waals surface area contributed by atoms with Gasteiger partial charge in [-0.25, -0.2) is 4.98 Å². The van der Waals surface area contributed by atoms with Crippen molar-refractivity contribution in [2.24, 2.45) is 5.92 Å². The van der Waals surface area contributed by atoms with E-state index >= 15 is 0 Å². The van der Waals surface area contributed by atoms with Gasteiger partial charge < -0.3 is 21.3 Å². The van der Waals surface area contributed by atoms with Gasteiger partial charge in [-0.1, -0.05) is 32.0 Å². The molecular formula is C29H33F3N6O2. The molecule has 2 aromatic carbocycles. The molecule has 0 radical (unpaired) electrons. The second-order valence-corrected chi connectivity index (χ2v) is 9.95. The van der Waals surface area contributed by atoms with Crippen LogP contribution in [0.5, 0.6) is 0 Å². The van der Waals surface area contributed by atoms with Crippen molar-refractivity contribution in [1.82, 2.24) is 15.2 Å². The minimum Gasteiger partial charge on any atom is -0.376 e. The Morgan fingerprint density at radius 1 is 0.950 bits per heavy atom. The van der Waals surface area contributed by atoms with Gasteiger partial charge in [0.05, 0.1) is 12.1 Å². The summed E-state index contributed by atoms with van der Waals surface area (Å²) in [6.07, 6.45) is -2.86. The van der Waals surface area contributed by atoms with Crippen molar-refractivity contribution >= 4 is 29.0 Å². The highest BCUT2D eigenvalue weighted by Gasteiger charge is 2.34. The molecule has 0 saturated carbocycles. The Hall–Kier alpha value is -3.96. The summed E-state index contributed by atoms with van der Waals surface area (Å²) >= 11 is 0. The first-order valence-corrected chi connectivity index (χ1v) is 13.1. The lowest BCUT2D eigenvalue weighted by Crippen LogP contribution is -2.43. The maximum absolute atomic E-state index is 13.8. The summed E-state index contributed by atoms with van der Waals surface area (Å²) in [5.74, 6) is -0.240. The summed E-state index contributed by atoms with van der Waals surface area (Å²) in [6, 6.07) is 14.8. The molecule has 2 heterocycles.